The molecule has 0 N–H and O–H groups in total. The van der Waals surface area contributed by atoms with Crippen molar-refractivity contribution in [2.24, 2.45) is 0 Å². The van der Waals surface area contributed by atoms with Gasteiger partial charge in [0.05, 0.1) is 0 Å². The minimum Gasteiger partial charge on any atom is -1.00 e. The van der Waals surface area contributed by atoms with E-state index < -0.39 is 0 Å². The van der Waals surface area contributed by atoms with Crippen molar-refractivity contribution >= 4 is 69.2 Å². The summed E-state index contributed by atoms with van der Waals surface area (Å²) in [5, 5.41) is 0. The number of hydrogen-bond acceptors (Lipinski definition) is 0. The van der Waals surface area contributed by atoms with Crippen LogP contribution in [0.4, 0.5) is 0 Å². The normalized spacial score (nSPS) is 0. The van der Waals surface area contributed by atoms with Gasteiger partial charge in [0.2, 0.25) is 0 Å². The van der Waals surface area contributed by atoms with Crippen molar-refractivity contribution in [2.45, 2.75) is 0 Å². The molecule has 0 aliphatic heterocycles. The van der Waals surface area contributed by atoms with E-state index in [0.717, 1.165) is 0 Å². The first-order chi connectivity index (χ1) is 0. The fraction of sp³-hybridized carbons (Fsp3) is 0. The Morgan fingerprint density at radius 1 is 0.222 bits per heavy atom. The first-order valence-corrected chi connectivity index (χ1v) is 0. The molecule has 0 aromatic heterocycles. The Morgan fingerprint density at radius 2 is 0.222 bits per heavy atom. The predicted octanol–water partition coefficient (Wildman–Crippen LogP) is -19.1. The molecule has 0 amide bonds. The number of rotatable bonds is 0. The fourth-order valence-corrected chi connectivity index (χ4v) is 0. The first-order valence-electron chi connectivity index (χ1n) is 0. The Morgan fingerprint density at radius 3 is 0.222 bits per heavy atom. The zero-order valence-electron chi connectivity index (χ0n) is 4.39. The molecule has 9 heavy (non-hydrogen) atoms. The van der Waals surface area contributed by atoms with Gasteiger partial charge in [-0.15, -0.1) is 0 Å². The summed E-state index contributed by atoms with van der Waals surface area (Å²) in [5.41, 5.74) is 0. The van der Waals surface area contributed by atoms with Gasteiger partial charge in [0.15, 0.2) is 0 Å². The minimum atomic E-state index is 0. The average molecular weight is 187 g/mol. The van der Waals surface area contributed by atoms with Crippen LogP contribution in [0.1, 0.15) is 0 Å². The third kappa shape index (κ3) is 174. The molecule has 9 heteroatoms. The van der Waals surface area contributed by atoms with E-state index >= 15 is 0 Å². The Hall–Kier alpha value is 1.88. The third-order valence-corrected chi connectivity index (χ3v) is 0. The van der Waals surface area contributed by atoms with E-state index in [1.807, 2.05) is 0 Å². The van der Waals surface area contributed by atoms with Gasteiger partial charge in [0, 0.05) is 0 Å². The maximum Gasteiger partial charge on any atom is 2.00 e. The van der Waals surface area contributed by atoms with Gasteiger partial charge in [-0.2, -0.15) is 0 Å². The van der Waals surface area contributed by atoms with Crippen LogP contribution in [0.25, 0.3) is 0 Å². The van der Waals surface area contributed by atoms with Crippen molar-refractivity contribution in [3.63, 3.8) is 0 Å². The molecule has 0 radical (unpaired) electrons. The third-order valence-electron chi connectivity index (χ3n) is 0. The molecule has 48 valence electrons. The second kappa shape index (κ2) is 221. The molecule has 0 saturated heterocycles. The fourth-order valence-electron chi connectivity index (χ4n) is 0. The summed E-state index contributed by atoms with van der Waals surface area (Å²) in [4.78, 5) is 0. The molecule has 0 unspecified atom stereocenters. The molecule has 0 aliphatic rings. The summed E-state index contributed by atoms with van der Waals surface area (Å²) in [6.45, 7) is 0. The SMILES string of the molecule is [F-].[F-].[F-].[F-].[F-].[F-].[Mg+2].[Mg+2].[Mg+2]. The summed E-state index contributed by atoms with van der Waals surface area (Å²) < 4.78 is 0. The number of halogens is 6. The average Bonchev–Trinajstić information content (AvgIpc) is 0. The van der Waals surface area contributed by atoms with E-state index in [0.29, 0.717) is 0 Å². The summed E-state index contributed by atoms with van der Waals surface area (Å²) >= 11 is 0. The Kier molecular flexibility index (Phi) is 7370. The van der Waals surface area contributed by atoms with Crippen molar-refractivity contribution in [3.8, 4) is 0 Å². The number of hydrogen-bond donors (Lipinski definition) is 0. The molecule has 0 nitrogen and oxygen atoms in total. The first kappa shape index (κ1) is 301. The second-order valence-electron chi connectivity index (χ2n) is 0. The second-order valence-corrected chi connectivity index (χ2v) is 0. The van der Waals surface area contributed by atoms with Crippen molar-refractivity contribution in [2.75, 3.05) is 0 Å². The van der Waals surface area contributed by atoms with Crippen molar-refractivity contribution in [3.05, 3.63) is 0 Å². The van der Waals surface area contributed by atoms with Gasteiger partial charge in [-0.3, -0.25) is 0 Å². The standard InChI is InChI=1S/6FH.3Mg/h6*1H;;;/q;;;;;;3*+2/p-6. The molecule has 0 atom stereocenters. The van der Waals surface area contributed by atoms with E-state index in [1.165, 1.54) is 0 Å². The summed E-state index contributed by atoms with van der Waals surface area (Å²) in [6.07, 6.45) is 0. The van der Waals surface area contributed by atoms with Crippen molar-refractivity contribution in [1.29, 1.82) is 0 Å². The Labute approximate surface area is 96.6 Å². The Bertz CT molecular complexity index is 8.26. The van der Waals surface area contributed by atoms with Gasteiger partial charge in [-0.25, -0.2) is 0 Å². The molecule has 0 spiro atoms. The molecular formula is F6Mg3. The largest absolute Gasteiger partial charge is 2.00 e. The minimum absolute atomic E-state index is 0. The maximum atomic E-state index is 0. The van der Waals surface area contributed by atoms with Crippen LogP contribution >= 0.6 is 0 Å². The van der Waals surface area contributed by atoms with Crippen molar-refractivity contribution < 1.29 is 28.2 Å². The molecule has 0 aromatic carbocycles. The molecule has 0 bridgehead atoms. The van der Waals surface area contributed by atoms with Gasteiger partial charge >= 0.3 is 69.2 Å². The molecule has 0 aliphatic carbocycles. The molecule has 0 aromatic rings. The van der Waals surface area contributed by atoms with E-state index in [-0.39, 0.29) is 97.4 Å². The Balaban J connectivity index is 0. The monoisotopic (exact) mass is 186 g/mol. The van der Waals surface area contributed by atoms with Crippen LogP contribution in [0, 0.1) is 0 Å². The zero-order chi connectivity index (χ0) is 0. The van der Waals surface area contributed by atoms with Gasteiger partial charge in [0.25, 0.3) is 0 Å². The van der Waals surface area contributed by atoms with Gasteiger partial charge in [0.1, 0.15) is 0 Å². The van der Waals surface area contributed by atoms with Crippen LogP contribution in [-0.4, -0.2) is 69.2 Å². The molecule has 0 saturated carbocycles. The summed E-state index contributed by atoms with van der Waals surface area (Å²) in [6, 6.07) is 0. The van der Waals surface area contributed by atoms with Crippen LogP contribution in [0.3, 0.4) is 0 Å². The van der Waals surface area contributed by atoms with E-state index in [9.17, 15) is 0 Å². The van der Waals surface area contributed by atoms with Crippen LogP contribution < -0.4 is 28.2 Å². The topological polar surface area (TPSA) is 0 Å². The van der Waals surface area contributed by atoms with Crippen LogP contribution in [-0.2, 0) is 0 Å². The smallest absolute Gasteiger partial charge is 1.00 e. The van der Waals surface area contributed by atoms with E-state index in [4.69, 9.17) is 0 Å². The van der Waals surface area contributed by atoms with Gasteiger partial charge in [-0.05, 0) is 0 Å². The molecule has 0 rings (SSSR count). The molecular weight excluding hydrogens is 187 g/mol. The van der Waals surface area contributed by atoms with Crippen LogP contribution in [0.15, 0.2) is 0 Å². The molecule has 0 fully saturated rings. The van der Waals surface area contributed by atoms with Crippen molar-refractivity contribution in [1.82, 2.24) is 0 Å². The zero-order valence-corrected chi connectivity index (χ0v) is 8.63. The van der Waals surface area contributed by atoms with Crippen LogP contribution in [0.5, 0.6) is 0 Å². The van der Waals surface area contributed by atoms with E-state index in [2.05, 4.69) is 0 Å². The van der Waals surface area contributed by atoms with Crippen LogP contribution in [0.2, 0.25) is 0 Å². The maximum absolute atomic E-state index is 0. The summed E-state index contributed by atoms with van der Waals surface area (Å²) in [7, 11) is 0. The predicted molar refractivity (Wildman–Crippen MR) is 17.3 cm³/mol. The van der Waals surface area contributed by atoms with Gasteiger partial charge in [-0.1, -0.05) is 0 Å². The summed E-state index contributed by atoms with van der Waals surface area (Å²) in [5.74, 6) is 0. The van der Waals surface area contributed by atoms with Gasteiger partial charge < -0.3 is 28.2 Å². The molecule has 0 heterocycles. The quantitative estimate of drug-likeness (QED) is 0.261. The van der Waals surface area contributed by atoms with E-state index in [1.54, 1.807) is 0 Å².